The summed E-state index contributed by atoms with van der Waals surface area (Å²) in [4.78, 5) is 12.3. The van der Waals surface area contributed by atoms with Crippen LogP contribution in [0.15, 0.2) is 50.1 Å². The van der Waals surface area contributed by atoms with Crippen LogP contribution in [0.5, 0.6) is 17.2 Å². The van der Waals surface area contributed by atoms with Crippen molar-refractivity contribution >= 4 is 5.97 Å². The van der Waals surface area contributed by atoms with E-state index in [9.17, 15) is 20.1 Å². The lowest BCUT2D eigenvalue weighted by Crippen LogP contribution is -2.44. The molecule has 0 aliphatic heterocycles. The SMILES string of the molecule is C=CCOC(OCC=C)(OCC=C)OC(=O)c1cc(O)c(O)c(O)c1. The van der Waals surface area contributed by atoms with E-state index in [0.717, 1.165) is 12.1 Å². The summed E-state index contributed by atoms with van der Waals surface area (Å²) in [6, 6.07) is 1.80. The molecule has 0 bridgehead atoms. The first-order valence-electron chi connectivity index (χ1n) is 7.12. The zero-order valence-corrected chi connectivity index (χ0v) is 13.5. The number of hydrogen-bond donors (Lipinski definition) is 3. The van der Waals surface area contributed by atoms with Gasteiger partial charge in [0, 0.05) is 0 Å². The van der Waals surface area contributed by atoms with Crippen molar-refractivity contribution in [3.05, 3.63) is 55.7 Å². The van der Waals surface area contributed by atoms with E-state index in [1.54, 1.807) is 0 Å². The predicted molar refractivity (Wildman–Crippen MR) is 88.0 cm³/mol. The predicted octanol–water partition coefficient (Wildman–Crippen LogP) is 2.18. The Hall–Kier alpha value is -2.81. The van der Waals surface area contributed by atoms with Crippen LogP contribution >= 0.6 is 0 Å². The molecular formula is C17H20O8. The Morgan fingerprint density at radius 3 is 1.68 bits per heavy atom. The average Bonchev–Trinajstić information content (AvgIpc) is 2.60. The fourth-order valence-corrected chi connectivity index (χ4v) is 1.59. The van der Waals surface area contributed by atoms with Crippen LogP contribution in [0.1, 0.15) is 10.4 Å². The van der Waals surface area contributed by atoms with Crippen molar-refractivity contribution in [2.24, 2.45) is 0 Å². The normalized spacial score (nSPS) is 10.9. The van der Waals surface area contributed by atoms with Crippen molar-refractivity contribution in [1.82, 2.24) is 0 Å². The van der Waals surface area contributed by atoms with Crippen molar-refractivity contribution in [1.29, 1.82) is 0 Å². The lowest BCUT2D eigenvalue weighted by molar-refractivity contribution is -0.472. The fourth-order valence-electron chi connectivity index (χ4n) is 1.59. The van der Waals surface area contributed by atoms with Gasteiger partial charge in [-0.05, 0) is 12.1 Å². The van der Waals surface area contributed by atoms with Crippen molar-refractivity contribution < 1.29 is 39.1 Å². The van der Waals surface area contributed by atoms with Crippen molar-refractivity contribution in [2.75, 3.05) is 19.8 Å². The summed E-state index contributed by atoms with van der Waals surface area (Å²) in [5, 5.41) is 28.3. The summed E-state index contributed by atoms with van der Waals surface area (Å²) in [6.07, 6.45) is 1.93. The lowest BCUT2D eigenvalue weighted by atomic mass is 10.2. The second-order valence-electron chi connectivity index (χ2n) is 4.55. The number of ether oxygens (including phenoxy) is 4. The van der Waals surface area contributed by atoms with Gasteiger partial charge in [0.15, 0.2) is 17.2 Å². The van der Waals surface area contributed by atoms with E-state index in [-0.39, 0.29) is 25.4 Å². The fraction of sp³-hybridized carbons (Fsp3) is 0.235. The molecule has 0 heterocycles. The Bertz CT molecular complexity index is 583. The molecule has 8 nitrogen and oxygen atoms in total. The minimum Gasteiger partial charge on any atom is -0.504 e. The van der Waals surface area contributed by atoms with Gasteiger partial charge in [-0.2, -0.15) is 0 Å². The third kappa shape index (κ3) is 5.64. The second-order valence-corrected chi connectivity index (χ2v) is 4.55. The van der Waals surface area contributed by atoms with Crippen LogP contribution in [0.25, 0.3) is 0 Å². The van der Waals surface area contributed by atoms with Gasteiger partial charge in [0.2, 0.25) is 0 Å². The van der Waals surface area contributed by atoms with E-state index in [0.29, 0.717) is 0 Å². The van der Waals surface area contributed by atoms with Crippen LogP contribution in [0.4, 0.5) is 0 Å². The number of phenolic OH excluding ortho intramolecular Hbond substituents is 3. The van der Waals surface area contributed by atoms with E-state index in [4.69, 9.17) is 18.9 Å². The van der Waals surface area contributed by atoms with Crippen LogP contribution in [0, 0.1) is 0 Å². The van der Waals surface area contributed by atoms with Gasteiger partial charge in [-0.1, -0.05) is 18.2 Å². The highest BCUT2D eigenvalue weighted by Gasteiger charge is 2.39. The summed E-state index contributed by atoms with van der Waals surface area (Å²) in [6.45, 7) is 10.2. The summed E-state index contributed by atoms with van der Waals surface area (Å²) in [7, 11) is 0. The van der Waals surface area contributed by atoms with Gasteiger partial charge in [0.1, 0.15) is 0 Å². The Balaban J connectivity index is 3.11. The number of benzene rings is 1. The summed E-state index contributed by atoms with van der Waals surface area (Å²) >= 11 is 0. The molecule has 1 aromatic rings. The summed E-state index contributed by atoms with van der Waals surface area (Å²) < 4.78 is 21.0. The summed E-state index contributed by atoms with van der Waals surface area (Å²) in [5.41, 5.74) is -0.274. The molecule has 1 aromatic carbocycles. The zero-order valence-electron chi connectivity index (χ0n) is 13.5. The van der Waals surface area contributed by atoms with Crippen LogP contribution in [-0.2, 0) is 18.9 Å². The molecule has 0 saturated carbocycles. The molecule has 8 heteroatoms. The highest BCUT2D eigenvalue weighted by molar-refractivity contribution is 5.91. The largest absolute Gasteiger partial charge is 0.504 e. The first-order chi connectivity index (χ1) is 11.9. The maximum absolute atomic E-state index is 12.3. The minimum absolute atomic E-state index is 0.0758. The van der Waals surface area contributed by atoms with E-state index in [1.165, 1.54) is 18.2 Å². The third-order valence-corrected chi connectivity index (χ3v) is 2.66. The van der Waals surface area contributed by atoms with Crippen molar-refractivity contribution in [2.45, 2.75) is 6.16 Å². The molecule has 0 aromatic heterocycles. The Kier molecular flexibility index (Phi) is 7.67. The summed E-state index contributed by atoms with van der Waals surface area (Å²) in [5.74, 6) is -3.23. The quantitative estimate of drug-likeness (QED) is 0.240. The van der Waals surface area contributed by atoms with Gasteiger partial charge in [-0.25, -0.2) is 4.79 Å². The van der Waals surface area contributed by atoms with Gasteiger partial charge in [-0.3, -0.25) is 14.2 Å². The number of aromatic hydroxyl groups is 3. The van der Waals surface area contributed by atoms with Gasteiger partial charge in [0.25, 0.3) is 0 Å². The first kappa shape index (κ1) is 20.2. The van der Waals surface area contributed by atoms with Gasteiger partial charge in [-0.15, -0.1) is 19.7 Å². The number of rotatable bonds is 11. The highest BCUT2D eigenvalue weighted by atomic mass is 17.0. The molecule has 0 saturated heterocycles. The third-order valence-electron chi connectivity index (χ3n) is 2.66. The van der Waals surface area contributed by atoms with E-state index >= 15 is 0 Å². The lowest BCUT2D eigenvalue weighted by Gasteiger charge is -2.30. The van der Waals surface area contributed by atoms with Gasteiger partial charge >= 0.3 is 12.1 Å². The molecule has 0 aliphatic carbocycles. The number of carbonyl (C=O) groups is 1. The molecule has 0 radical (unpaired) electrons. The first-order valence-corrected chi connectivity index (χ1v) is 7.12. The minimum atomic E-state index is -2.23. The second kappa shape index (κ2) is 9.48. The number of esters is 1. The van der Waals surface area contributed by atoms with E-state index < -0.39 is 29.4 Å². The Labute approximate surface area is 144 Å². The molecule has 0 spiro atoms. The van der Waals surface area contributed by atoms with Crippen LogP contribution in [-0.4, -0.2) is 47.3 Å². The number of phenols is 3. The number of hydrogen-bond acceptors (Lipinski definition) is 8. The monoisotopic (exact) mass is 352 g/mol. The molecule has 0 aliphatic rings. The average molecular weight is 352 g/mol. The number of carbonyl (C=O) groups excluding carboxylic acids is 1. The molecule has 1 rings (SSSR count). The molecule has 3 N–H and O–H groups in total. The van der Waals surface area contributed by atoms with E-state index in [1.807, 2.05) is 0 Å². The topological polar surface area (TPSA) is 115 Å². The molecule has 0 atom stereocenters. The van der Waals surface area contributed by atoms with Crippen molar-refractivity contribution in [3.8, 4) is 17.2 Å². The standard InChI is InChI=1S/C17H20O8/c1-4-7-22-17(23-8-5-2,24-9-6-3)25-16(21)12-10-13(18)15(20)14(19)11-12/h4-6,10-11,18-20H,1-3,7-9H2. The highest BCUT2D eigenvalue weighted by Crippen LogP contribution is 2.36. The van der Waals surface area contributed by atoms with Gasteiger partial charge in [0.05, 0.1) is 25.4 Å². The van der Waals surface area contributed by atoms with Crippen LogP contribution in [0.3, 0.4) is 0 Å². The zero-order chi connectivity index (χ0) is 18.9. The Morgan fingerprint density at radius 1 is 0.920 bits per heavy atom. The molecule has 136 valence electrons. The molecular weight excluding hydrogens is 332 g/mol. The molecule has 25 heavy (non-hydrogen) atoms. The van der Waals surface area contributed by atoms with Crippen molar-refractivity contribution in [3.63, 3.8) is 0 Å². The molecule has 0 amide bonds. The van der Waals surface area contributed by atoms with Crippen LogP contribution in [0.2, 0.25) is 0 Å². The van der Waals surface area contributed by atoms with Crippen LogP contribution < -0.4 is 0 Å². The molecule has 0 unspecified atom stereocenters. The maximum Gasteiger partial charge on any atom is 0.464 e. The molecule has 0 fully saturated rings. The maximum atomic E-state index is 12.3. The van der Waals surface area contributed by atoms with E-state index in [2.05, 4.69) is 19.7 Å². The smallest absolute Gasteiger partial charge is 0.464 e. The van der Waals surface area contributed by atoms with Gasteiger partial charge < -0.3 is 20.1 Å². The Morgan fingerprint density at radius 2 is 1.32 bits per heavy atom.